The van der Waals surface area contributed by atoms with Gasteiger partial charge in [-0.25, -0.2) is 8.42 Å². The van der Waals surface area contributed by atoms with Gasteiger partial charge in [-0.05, 0) is 43.0 Å². The molecule has 2 saturated heterocycles. The number of likely N-dealkylation sites (tertiary alicyclic amines) is 1. The molecule has 1 unspecified atom stereocenters. The third-order valence-corrected chi connectivity index (χ3v) is 8.31. The average Bonchev–Trinajstić information content (AvgIpc) is 2.84. The number of ether oxygens (including phenoxy) is 2. The average molecular weight is 507 g/mol. The van der Waals surface area contributed by atoms with Crippen molar-refractivity contribution in [2.75, 3.05) is 39.4 Å². The van der Waals surface area contributed by atoms with E-state index in [1.165, 1.54) is 4.31 Å². The number of hydrogen-bond acceptors (Lipinski definition) is 5. The molecule has 0 spiro atoms. The van der Waals surface area contributed by atoms with Gasteiger partial charge in [0.15, 0.2) is 0 Å². The second kappa shape index (κ2) is 11.1. The van der Waals surface area contributed by atoms with Crippen LogP contribution in [0.4, 0.5) is 0 Å². The summed E-state index contributed by atoms with van der Waals surface area (Å²) in [6.07, 6.45) is 3.14. The number of amides is 1. The van der Waals surface area contributed by atoms with Crippen LogP contribution in [0.3, 0.4) is 0 Å². The second-order valence-electron chi connectivity index (χ2n) is 8.97. The van der Waals surface area contributed by atoms with E-state index in [4.69, 9.17) is 21.1 Å². The number of carbonyl (C=O) groups excluding carboxylic acids is 1. The minimum Gasteiger partial charge on any atom is -0.490 e. The Morgan fingerprint density at radius 2 is 1.79 bits per heavy atom. The summed E-state index contributed by atoms with van der Waals surface area (Å²) in [6.45, 7) is 1.99. The normalized spacial score (nSPS) is 21.9. The minimum absolute atomic E-state index is 0.0308. The zero-order valence-corrected chi connectivity index (χ0v) is 20.8. The highest BCUT2D eigenvalue weighted by Crippen LogP contribution is 2.29. The van der Waals surface area contributed by atoms with E-state index in [2.05, 4.69) is 0 Å². The second-order valence-corrected chi connectivity index (χ2v) is 11.4. The summed E-state index contributed by atoms with van der Waals surface area (Å²) in [7, 11) is -3.61. The maximum atomic E-state index is 13.3. The Hall–Kier alpha value is -2.13. The van der Waals surface area contributed by atoms with E-state index < -0.39 is 15.6 Å². The van der Waals surface area contributed by atoms with Crippen LogP contribution in [-0.2, 0) is 25.3 Å². The third kappa shape index (κ3) is 6.50. The molecule has 0 N–H and O–H groups in total. The van der Waals surface area contributed by atoms with Gasteiger partial charge in [0.2, 0.25) is 15.9 Å². The quantitative estimate of drug-likeness (QED) is 0.545. The molecule has 2 aliphatic rings. The van der Waals surface area contributed by atoms with Crippen LogP contribution in [0.1, 0.15) is 31.2 Å². The Morgan fingerprint density at radius 3 is 2.53 bits per heavy atom. The molecule has 2 aliphatic heterocycles. The molecule has 4 rings (SSSR count). The zero-order chi connectivity index (χ0) is 24.0. The molecule has 2 fully saturated rings. The number of sulfonamides is 1. The fourth-order valence-electron chi connectivity index (χ4n) is 4.47. The predicted octanol–water partition coefficient (Wildman–Crippen LogP) is 3.72. The van der Waals surface area contributed by atoms with Crippen molar-refractivity contribution >= 4 is 27.5 Å². The number of benzene rings is 2. The number of carbonyl (C=O) groups is 1. The highest BCUT2D eigenvalue weighted by atomic mass is 35.5. The van der Waals surface area contributed by atoms with Gasteiger partial charge in [0.1, 0.15) is 18.0 Å². The minimum atomic E-state index is -3.61. The lowest BCUT2D eigenvalue weighted by molar-refractivity contribution is -0.151. The number of halogens is 1. The van der Waals surface area contributed by atoms with Crippen LogP contribution in [0.15, 0.2) is 54.6 Å². The molecule has 184 valence electrons. The molecule has 2 aromatic rings. The smallest absolute Gasteiger partial charge is 0.225 e. The molecule has 1 amide bonds. The van der Waals surface area contributed by atoms with Crippen molar-refractivity contribution in [2.45, 2.75) is 37.0 Å². The molecule has 34 heavy (non-hydrogen) atoms. The molecule has 2 heterocycles. The molecular weight excluding hydrogens is 476 g/mol. The molecule has 0 aliphatic carbocycles. The first-order chi connectivity index (χ1) is 16.4. The van der Waals surface area contributed by atoms with Crippen molar-refractivity contribution in [1.29, 1.82) is 0 Å². The van der Waals surface area contributed by atoms with Crippen LogP contribution < -0.4 is 4.74 Å². The summed E-state index contributed by atoms with van der Waals surface area (Å²) in [4.78, 5) is 15.0. The lowest BCUT2D eigenvalue weighted by Crippen LogP contribution is -2.58. The van der Waals surface area contributed by atoms with Crippen LogP contribution in [-0.4, -0.2) is 68.5 Å². The summed E-state index contributed by atoms with van der Waals surface area (Å²) in [5.74, 6) is 0.418. The van der Waals surface area contributed by atoms with Gasteiger partial charge in [0, 0.05) is 31.2 Å². The Balaban J connectivity index is 1.53. The number of piperidine rings is 1. The Morgan fingerprint density at radius 1 is 1.03 bits per heavy atom. The van der Waals surface area contributed by atoms with Crippen molar-refractivity contribution in [3.63, 3.8) is 0 Å². The first-order valence-electron chi connectivity index (χ1n) is 11.7. The molecule has 1 atom stereocenters. The standard InChI is InChI=1S/C25H31ClN2O5S/c26-22-10-7-11-23(16-22)32-20-25(17-24(29)27-12-5-2-6-13-27)19-28(14-15-33-25)34(30,31)18-21-8-3-1-4-9-21/h1,3-4,7-11,16H,2,5-6,12-15,17-20H2. The molecule has 0 aromatic heterocycles. The van der Waals surface area contributed by atoms with E-state index in [0.717, 1.165) is 37.9 Å². The van der Waals surface area contributed by atoms with E-state index in [9.17, 15) is 13.2 Å². The number of rotatable bonds is 8. The third-order valence-electron chi connectivity index (χ3n) is 6.28. The number of hydrogen-bond donors (Lipinski definition) is 0. The molecular formula is C25H31ClN2O5S. The van der Waals surface area contributed by atoms with Gasteiger partial charge in [-0.1, -0.05) is 48.0 Å². The summed E-state index contributed by atoms with van der Waals surface area (Å²) in [5, 5.41) is 0.535. The van der Waals surface area contributed by atoms with Gasteiger partial charge in [0.25, 0.3) is 0 Å². The Bertz CT molecular complexity index is 1080. The van der Waals surface area contributed by atoms with Gasteiger partial charge < -0.3 is 14.4 Å². The van der Waals surface area contributed by atoms with Crippen molar-refractivity contribution in [2.24, 2.45) is 0 Å². The highest BCUT2D eigenvalue weighted by Gasteiger charge is 2.44. The SMILES string of the molecule is O=C(CC1(COc2cccc(Cl)c2)CN(S(=O)(=O)Cc2ccccc2)CCO1)N1CCCCC1. The van der Waals surface area contributed by atoms with Crippen LogP contribution >= 0.6 is 11.6 Å². The van der Waals surface area contributed by atoms with Crippen molar-refractivity contribution in [3.05, 3.63) is 65.2 Å². The van der Waals surface area contributed by atoms with Crippen LogP contribution in [0, 0.1) is 0 Å². The van der Waals surface area contributed by atoms with Gasteiger partial charge >= 0.3 is 0 Å². The van der Waals surface area contributed by atoms with E-state index in [-0.39, 0.29) is 44.4 Å². The zero-order valence-electron chi connectivity index (χ0n) is 19.2. The molecule has 0 bridgehead atoms. The Kier molecular flexibility index (Phi) is 8.14. The van der Waals surface area contributed by atoms with E-state index in [1.54, 1.807) is 36.4 Å². The summed E-state index contributed by atoms with van der Waals surface area (Å²) < 4.78 is 40.1. The molecule has 9 heteroatoms. The molecule has 2 aromatic carbocycles. The summed E-state index contributed by atoms with van der Waals surface area (Å²) >= 11 is 6.09. The Labute approximate surface area is 206 Å². The largest absolute Gasteiger partial charge is 0.490 e. The lowest BCUT2D eigenvalue weighted by atomic mass is 9.97. The fraction of sp³-hybridized carbons (Fsp3) is 0.480. The van der Waals surface area contributed by atoms with Gasteiger partial charge in [-0.3, -0.25) is 4.79 Å². The molecule has 7 nitrogen and oxygen atoms in total. The maximum Gasteiger partial charge on any atom is 0.225 e. The first-order valence-corrected chi connectivity index (χ1v) is 13.7. The summed E-state index contributed by atoms with van der Waals surface area (Å²) in [6, 6.07) is 16.1. The lowest BCUT2D eigenvalue weighted by Gasteiger charge is -2.42. The van der Waals surface area contributed by atoms with Crippen LogP contribution in [0.5, 0.6) is 5.75 Å². The van der Waals surface area contributed by atoms with Crippen LogP contribution in [0.2, 0.25) is 5.02 Å². The monoisotopic (exact) mass is 506 g/mol. The van der Waals surface area contributed by atoms with E-state index in [1.807, 2.05) is 23.1 Å². The molecule has 0 saturated carbocycles. The topological polar surface area (TPSA) is 76.1 Å². The summed E-state index contributed by atoms with van der Waals surface area (Å²) in [5.41, 5.74) is -0.363. The fourth-order valence-corrected chi connectivity index (χ4v) is 6.23. The van der Waals surface area contributed by atoms with Crippen molar-refractivity contribution < 1.29 is 22.7 Å². The number of nitrogens with zero attached hydrogens (tertiary/aromatic N) is 2. The molecule has 0 radical (unpaired) electrons. The van der Waals surface area contributed by atoms with Gasteiger partial charge in [-0.15, -0.1) is 0 Å². The predicted molar refractivity (Wildman–Crippen MR) is 131 cm³/mol. The van der Waals surface area contributed by atoms with E-state index >= 15 is 0 Å². The van der Waals surface area contributed by atoms with Crippen molar-refractivity contribution in [1.82, 2.24) is 9.21 Å². The van der Waals surface area contributed by atoms with E-state index in [0.29, 0.717) is 10.8 Å². The number of morpholine rings is 1. The van der Waals surface area contributed by atoms with Gasteiger partial charge in [0.05, 0.1) is 18.8 Å². The van der Waals surface area contributed by atoms with Gasteiger partial charge in [-0.2, -0.15) is 4.31 Å². The maximum absolute atomic E-state index is 13.3. The highest BCUT2D eigenvalue weighted by molar-refractivity contribution is 7.88. The van der Waals surface area contributed by atoms with Crippen molar-refractivity contribution in [3.8, 4) is 5.75 Å². The first kappa shape index (κ1) is 25.0. The van der Waals surface area contributed by atoms with Crippen LogP contribution in [0.25, 0.3) is 0 Å².